The molecule has 2 aromatic rings. The standard InChI is InChI=1S/C20H22FNO2.BrH/c21-14-4-1-3-13(11-14)12-22-10-2-5-16-15-7-9-19(23)20(24)17(15)6-8-18(16)22;/h1,3-4,7,9,11,16,18,23-24H,2,5-6,8,10,12H2;1H/t16-,18-;/m1./s1. The highest BCUT2D eigenvalue weighted by atomic mass is 79.9. The Labute approximate surface area is 157 Å². The molecule has 2 atom stereocenters. The van der Waals surface area contributed by atoms with Crippen LogP contribution in [-0.2, 0) is 13.0 Å². The van der Waals surface area contributed by atoms with Gasteiger partial charge in [0.2, 0.25) is 0 Å². The molecule has 25 heavy (non-hydrogen) atoms. The maximum absolute atomic E-state index is 13.5. The van der Waals surface area contributed by atoms with Gasteiger partial charge in [0.15, 0.2) is 11.5 Å². The predicted molar refractivity (Wildman–Crippen MR) is 101 cm³/mol. The number of rotatable bonds is 2. The third-order valence-electron chi connectivity index (χ3n) is 5.56. The summed E-state index contributed by atoms with van der Waals surface area (Å²) in [4.78, 5) is 2.45. The third-order valence-corrected chi connectivity index (χ3v) is 5.56. The minimum Gasteiger partial charge on any atom is -0.504 e. The van der Waals surface area contributed by atoms with Gasteiger partial charge in [-0.15, -0.1) is 17.0 Å². The molecular formula is C20H23BrFNO2. The number of piperidine rings is 1. The molecule has 0 radical (unpaired) electrons. The van der Waals surface area contributed by atoms with Crippen LogP contribution >= 0.6 is 17.0 Å². The number of aromatic hydroxyl groups is 2. The Hall–Kier alpha value is -1.59. The highest BCUT2D eigenvalue weighted by molar-refractivity contribution is 8.93. The highest BCUT2D eigenvalue weighted by Gasteiger charge is 2.37. The van der Waals surface area contributed by atoms with E-state index in [1.807, 2.05) is 12.1 Å². The smallest absolute Gasteiger partial charge is 0.160 e. The molecule has 0 unspecified atom stereocenters. The number of fused-ring (bicyclic) bond motifs is 3. The Balaban J connectivity index is 0.00000182. The minimum absolute atomic E-state index is 0. The van der Waals surface area contributed by atoms with E-state index in [1.54, 1.807) is 18.2 Å². The molecular weight excluding hydrogens is 385 g/mol. The molecule has 1 fully saturated rings. The van der Waals surface area contributed by atoms with Gasteiger partial charge in [0.1, 0.15) is 5.82 Å². The van der Waals surface area contributed by atoms with E-state index in [-0.39, 0.29) is 34.3 Å². The molecule has 3 nitrogen and oxygen atoms in total. The van der Waals surface area contributed by atoms with Gasteiger partial charge < -0.3 is 10.2 Å². The van der Waals surface area contributed by atoms with Gasteiger partial charge in [0.05, 0.1) is 0 Å². The van der Waals surface area contributed by atoms with Crippen LogP contribution in [-0.4, -0.2) is 27.7 Å². The number of benzene rings is 2. The van der Waals surface area contributed by atoms with E-state index in [9.17, 15) is 14.6 Å². The molecule has 0 aromatic heterocycles. The van der Waals surface area contributed by atoms with Gasteiger partial charge in [-0.3, -0.25) is 4.90 Å². The van der Waals surface area contributed by atoms with Crippen LogP contribution in [0.2, 0.25) is 0 Å². The molecule has 1 aliphatic carbocycles. The van der Waals surface area contributed by atoms with E-state index in [1.165, 1.54) is 11.6 Å². The zero-order valence-electron chi connectivity index (χ0n) is 14.0. The van der Waals surface area contributed by atoms with Crippen LogP contribution < -0.4 is 0 Å². The van der Waals surface area contributed by atoms with Crippen molar-refractivity contribution in [2.75, 3.05) is 6.54 Å². The molecule has 2 aromatic carbocycles. The summed E-state index contributed by atoms with van der Waals surface area (Å²) in [5.41, 5.74) is 3.09. The number of nitrogens with zero attached hydrogens (tertiary/aromatic N) is 1. The topological polar surface area (TPSA) is 43.7 Å². The maximum atomic E-state index is 13.5. The lowest BCUT2D eigenvalue weighted by Crippen LogP contribution is -2.45. The van der Waals surface area contributed by atoms with Crippen molar-refractivity contribution in [2.24, 2.45) is 0 Å². The second-order valence-electron chi connectivity index (χ2n) is 6.96. The summed E-state index contributed by atoms with van der Waals surface area (Å²) in [5.74, 6) is 0.214. The Morgan fingerprint density at radius 3 is 2.76 bits per heavy atom. The first-order valence-corrected chi connectivity index (χ1v) is 8.65. The summed E-state index contributed by atoms with van der Waals surface area (Å²) in [6.07, 6.45) is 3.93. The van der Waals surface area contributed by atoms with E-state index in [2.05, 4.69) is 4.90 Å². The van der Waals surface area contributed by atoms with Gasteiger partial charge in [0.25, 0.3) is 0 Å². The summed E-state index contributed by atoms with van der Waals surface area (Å²) in [6, 6.07) is 10.8. The van der Waals surface area contributed by atoms with Crippen molar-refractivity contribution in [1.29, 1.82) is 0 Å². The van der Waals surface area contributed by atoms with Gasteiger partial charge in [0, 0.05) is 18.2 Å². The van der Waals surface area contributed by atoms with Crippen molar-refractivity contribution >= 4 is 17.0 Å². The van der Waals surface area contributed by atoms with Crippen molar-refractivity contribution < 1.29 is 14.6 Å². The van der Waals surface area contributed by atoms with Crippen LogP contribution in [0, 0.1) is 5.82 Å². The monoisotopic (exact) mass is 407 g/mol. The van der Waals surface area contributed by atoms with Crippen LogP contribution in [0.3, 0.4) is 0 Å². The van der Waals surface area contributed by atoms with Crippen LogP contribution in [0.15, 0.2) is 36.4 Å². The molecule has 2 N–H and O–H groups in total. The fourth-order valence-electron chi connectivity index (χ4n) is 4.48. The molecule has 5 heteroatoms. The first kappa shape index (κ1) is 18.2. The molecule has 0 amide bonds. The molecule has 0 saturated carbocycles. The van der Waals surface area contributed by atoms with E-state index < -0.39 is 0 Å². The first-order chi connectivity index (χ1) is 11.6. The summed E-state index contributed by atoms with van der Waals surface area (Å²) in [7, 11) is 0. The molecule has 4 rings (SSSR count). The molecule has 134 valence electrons. The van der Waals surface area contributed by atoms with Gasteiger partial charge in [-0.2, -0.15) is 0 Å². The minimum atomic E-state index is -0.185. The Kier molecular flexibility index (Phi) is 5.35. The number of hydrogen-bond acceptors (Lipinski definition) is 3. The summed E-state index contributed by atoms with van der Waals surface area (Å²) < 4.78 is 13.5. The number of likely N-dealkylation sites (tertiary alicyclic amines) is 1. The first-order valence-electron chi connectivity index (χ1n) is 8.65. The number of phenols is 2. The normalized spacial score (nSPS) is 22.6. The van der Waals surface area contributed by atoms with E-state index in [0.717, 1.165) is 49.9 Å². The van der Waals surface area contributed by atoms with Crippen molar-refractivity contribution in [3.63, 3.8) is 0 Å². The number of phenolic OH excluding ortho intramolecular Hbond substituents is 2. The lowest BCUT2D eigenvalue weighted by molar-refractivity contribution is 0.104. The number of hydrogen-bond donors (Lipinski definition) is 2. The van der Waals surface area contributed by atoms with E-state index >= 15 is 0 Å². The van der Waals surface area contributed by atoms with Crippen molar-refractivity contribution in [2.45, 2.75) is 44.2 Å². The number of halogens is 2. The predicted octanol–water partition coefficient (Wildman–Crippen LogP) is 4.51. The fraction of sp³-hybridized carbons (Fsp3) is 0.400. The van der Waals surface area contributed by atoms with E-state index in [4.69, 9.17) is 0 Å². The van der Waals surface area contributed by atoms with Gasteiger partial charge in [-0.05, 0) is 67.5 Å². The maximum Gasteiger partial charge on any atom is 0.160 e. The summed E-state index contributed by atoms with van der Waals surface area (Å²) >= 11 is 0. The molecule has 1 saturated heterocycles. The lowest BCUT2D eigenvalue weighted by atomic mass is 9.74. The quantitative estimate of drug-likeness (QED) is 0.719. The van der Waals surface area contributed by atoms with Gasteiger partial charge >= 0.3 is 0 Å². The SMILES string of the molecule is Br.Oc1ccc2c(c1O)CC[C@@H]1[C@@H]2CCCN1Cc1cccc(F)c1. The second kappa shape index (κ2) is 7.34. The molecule has 2 aliphatic rings. The van der Waals surface area contributed by atoms with Crippen LogP contribution in [0.25, 0.3) is 0 Å². The Bertz CT molecular complexity index is 767. The summed E-state index contributed by atoms with van der Waals surface area (Å²) in [6.45, 7) is 1.79. The average molecular weight is 408 g/mol. The summed E-state index contributed by atoms with van der Waals surface area (Å²) in [5, 5.41) is 19.9. The zero-order chi connectivity index (χ0) is 16.7. The van der Waals surface area contributed by atoms with Crippen molar-refractivity contribution in [1.82, 2.24) is 4.90 Å². The van der Waals surface area contributed by atoms with Crippen LogP contribution in [0.1, 0.15) is 41.9 Å². The molecule has 1 aliphatic heterocycles. The molecule has 0 spiro atoms. The molecule has 0 bridgehead atoms. The van der Waals surface area contributed by atoms with Crippen molar-refractivity contribution in [3.8, 4) is 11.5 Å². The fourth-order valence-corrected chi connectivity index (χ4v) is 4.48. The lowest BCUT2D eigenvalue weighted by Gasteiger charge is -2.45. The van der Waals surface area contributed by atoms with Gasteiger partial charge in [-0.1, -0.05) is 18.2 Å². The van der Waals surface area contributed by atoms with Crippen LogP contribution in [0.4, 0.5) is 4.39 Å². The van der Waals surface area contributed by atoms with Crippen molar-refractivity contribution in [3.05, 3.63) is 58.9 Å². The third kappa shape index (κ3) is 3.40. The Morgan fingerprint density at radius 2 is 1.96 bits per heavy atom. The second-order valence-corrected chi connectivity index (χ2v) is 6.96. The Morgan fingerprint density at radius 1 is 1.12 bits per heavy atom. The largest absolute Gasteiger partial charge is 0.504 e. The highest BCUT2D eigenvalue weighted by Crippen LogP contribution is 2.45. The average Bonchev–Trinajstić information content (AvgIpc) is 2.58. The van der Waals surface area contributed by atoms with Gasteiger partial charge in [-0.25, -0.2) is 4.39 Å². The van der Waals surface area contributed by atoms with Crippen LogP contribution in [0.5, 0.6) is 11.5 Å². The van der Waals surface area contributed by atoms with E-state index in [0.29, 0.717) is 12.0 Å². The molecule has 1 heterocycles. The zero-order valence-corrected chi connectivity index (χ0v) is 15.7.